The number of alkyl carbamates (subject to hydrolysis) is 1. The standard InChI is InChI=1S/C17H29N3O4/c1-16(2,3)23-14(21)19-13(11-9-7-8-10-12-18)20-15(22)24-17(4,5)6/h8,10,12,18H,7,9,11H2,1-6H3,(H,19,20,21,22)/b10-8-,18-12?. The molecule has 0 aromatic carbocycles. The van der Waals surface area contributed by atoms with Gasteiger partial charge in [0.15, 0.2) is 0 Å². The number of ether oxygens (including phenoxy) is 2. The molecule has 0 aliphatic carbocycles. The first-order valence-electron chi connectivity index (χ1n) is 7.89. The van der Waals surface area contributed by atoms with Crippen molar-refractivity contribution in [3.8, 4) is 0 Å². The molecule has 7 nitrogen and oxygen atoms in total. The molecular weight excluding hydrogens is 310 g/mol. The van der Waals surface area contributed by atoms with Gasteiger partial charge in [0, 0.05) is 12.6 Å². The Labute approximate surface area is 144 Å². The Morgan fingerprint density at radius 3 is 2.17 bits per heavy atom. The maximum atomic E-state index is 11.9. The first kappa shape index (κ1) is 21.8. The maximum Gasteiger partial charge on any atom is 0.435 e. The lowest BCUT2D eigenvalue weighted by atomic mass is 10.2. The normalized spacial score (nSPS) is 12.8. The zero-order valence-corrected chi connectivity index (χ0v) is 15.4. The van der Waals surface area contributed by atoms with Gasteiger partial charge in [0.1, 0.15) is 17.0 Å². The van der Waals surface area contributed by atoms with E-state index in [2.05, 4.69) is 10.3 Å². The third kappa shape index (κ3) is 13.5. The summed E-state index contributed by atoms with van der Waals surface area (Å²) in [6.07, 6.45) is 4.93. The van der Waals surface area contributed by atoms with Crippen LogP contribution in [0.1, 0.15) is 60.8 Å². The van der Waals surface area contributed by atoms with Gasteiger partial charge in [-0.15, -0.1) is 0 Å². The SMILES string of the molecule is CC(C)(C)OC(=O)/N=C(/CCC/C=C\C=N)NC(=O)OC(C)(C)C. The molecule has 0 atom stereocenters. The third-order valence-electron chi connectivity index (χ3n) is 2.28. The summed E-state index contributed by atoms with van der Waals surface area (Å²) in [5.74, 6) is 0.196. The van der Waals surface area contributed by atoms with Crippen molar-refractivity contribution in [3.63, 3.8) is 0 Å². The zero-order valence-electron chi connectivity index (χ0n) is 15.4. The van der Waals surface area contributed by atoms with Gasteiger partial charge in [0.25, 0.3) is 0 Å². The predicted octanol–water partition coefficient (Wildman–Crippen LogP) is 4.22. The summed E-state index contributed by atoms with van der Waals surface area (Å²) in [6.45, 7) is 10.5. The number of amides is 2. The molecule has 0 aromatic rings. The summed E-state index contributed by atoms with van der Waals surface area (Å²) < 4.78 is 10.3. The van der Waals surface area contributed by atoms with Gasteiger partial charge >= 0.3 is 12.2 Å². The van der Waals surface area contributed by atoms with Crippen molar-refractivity contribution in [3.05, 3.63) is 12.2 Å². The number of hydrogen-bond acceptors (Lipinski definition) is 5. The Bertz CT molecular complexity index is 497. The number of carbonyl (C=O) groups excluding carboxylic acids is 2. The highest BCUT2D eigenvalue weighted by Crippen LogP contribution is 2.10. The summed E-state index contributed by atoms with van der Waals surface area (Å²) in [6, 6.07) is 0. The number of unbranched alkanes of at least 4 members (excludes halogenated alkanes) is 1. The molecule has 0 aromatic heterocycles. The predicted molar refractivity (Wildman–Crippen MR) is 94.8 cm³/mol. The zero-order chi connectivity index (χ0) is 18.8. The molecule has 0 radical (unpaired) electrons. The molecule has 0 heterocycles. The Morgan fingerprint density at radius 1 is 1.08 bits per heavy atom. The minimum atomic E-state index is -0.761. The molecule has 0 aliphatic rings. The van der Waals surface area contributed by atoms with E-state index >= 15 is 0 Å². The van der Waals surface area contributed by atoms with Gasteiger partial charge in [-0.25, -0.2) is 9.59 Å². The van der Waals surface area contributed by atoms with Crippen LogP contribution in [0.15, 0.2) is 17.1 Å². The molecule has 24 heavy (non-hydrogen) atoms. The summed E-state index contributed by atoms with van der Waals surface area (Å²) >= 11 is 0. The number of nitrogens with zero attached hydrogens (tertiary/aromatic N) is 1. The van der Waals surface area contributed by atoms with Crippen LogP contribution >= 0.6 is 0 Å². The van der Waals surface area contributed by atoms with Gasteiger partial charge in [0.2, 0.25) is 0 Å². The van der Waals surface area contributed by atoms with Crippen LogP contribution in [0.4, 0.5) is 9.59 Å². The van der Waals surface area contributed by atoms with Crippen LogP contribution in [0.3, 0.4) is 0 Å². The van der Waals surface area contributed by atoms with E-state index in [9.17, 15) is 9.59 Å². The van der Waals surface area contributed by atoms with Crippen LogP contribution in [0.5, 0.6) is 0 Å². The van der Waals surface area contributed by atoms with Crippen molar-refractivity contribution in [1.29, 1.82) is 5.41 Å². The van der Waals surface area contributed by atoms with Crippen LogP contribution in [0, 0.1) is 5.41 Å². The Kier molecular flexibility index (Phi) is 8.95. The van der Waals surface area contributed by atoms with Gasteiger partial charge in [0.05, 0.1) is 0 Å². The van der Waals surface area contributed by atoms with E-state index in [1.807, 2.05) is 6.08 Å². The quantitative estimate of drug-likeness (QED) is 0.445. The molecule has 2 N–H and O–H groups in total. The van der Waals surface area contributed by atoms with Crippen molar-refractivity contribution in [1.82, 2.24) is 5.32 Å². The van der Waals surface area contributed by atoms with Crippen molar-refractivity contribution >= 4 is 24.2 Å². The highest BCUT2D eigenvalue weighted by molar-refractivity contribution is 6.00. The monoisotopic (exact) mass is 339 g/mol. The van der Waals surface area contributed by atoms with Crippen molar-refractivity contribution in [2.24, 2.45) is 4.99 Å². The lowest BCUT2D eigenvalue weighted by Crippen LogP contribution is -2.37. The van der Waals surface area contributed by atoms with Gasteiger partial charge in [-0.1, -0.05) is 6.08 Å². The van der Waals surface area contributed by atoms with E-state index in [1.54, 1.807) is 47.6 Å². The molecule has 0 fully saturated rings. The number of nitrogens with one attached hydrogen (secondary N) is 2. The lowest BCUT2D eigenvalue weighted by molar-refractivity contribution is 0.0561. The number of aliphatic imine (C=N–C) groups is 1. The van der Waals surface area contributed by atoms with E-state index < -0.39 is 23.4 Å². The summed E-state index contributed by atoms with van der Waals surface area (Å²) in [5.41, 5.74) is -1.31. The van der Waals surface area contributed by atoms with Gasteiger partial charge in [-0.2, -0.15) is 4.99 Å². The van der Waals surface area contributed by atoms with Crippen LogP contribution in [0.2, 0.25) is 0 Å². The first-order valence-corrected chi connectivity index (χ1v) is 7.89. The average molecular weight is 339 g/mol. The molecule has 0 bridgehead atoms. The highest BCUT2D eigenvalue weighted by Gasteiger charge is 2.19. The summed E-state index contributed by atoms with van der Waals surface area (Å²) in [4.78, 5) is 27.5. The molecule has 2 amide bonds. The minimum Gasteiger partial charge on any atom is -0.444 e. The van der Waals surface area contributed by atoms with E-state index in [4.69, 9.17) is 14.9 Å². The number of amidine groups is 1. The molecule has 0 unspecified atom stereocenters. The second kappa shape index (κ2) is 9.85. The molecule has 0 rings (SSSR count). The van der Waals surface area contributed by atoms with Crippen molar-refractivity contribution < 1.29 is 19.1 Å². The van der Waals surface area contributed by atoms with Crippen LogP contribution < -0.4 is 5.32 Å². The minimum absolute atomic E-state index is 0.196. The second-order valence-corrected chi connectivity index (χ2v) is 7.15. The smallest absolute Gasteiger partial charge is 0.435 e. The van der Waals surface area contributed by atoms with Crippen LogP contribution in [-0.4, -0.2) is 35.4 Å². The Balaban J connectivity index is 4.87. The maximum absolute atomic E-state index is 11.9. The highest BCUT2D eigenvalue weighted by atomic mass is 16.6. The fourth-order valence-corrected chi connectivity index (χ4v) is 1.51. The van der Waals surface area contributed by atoms with E-state index in [1.165, 1.54) is 6.21 Å². The summed E-state index contributed by atoms with van der Waals surface area (Å²) in [5, 5.41) is 9.40. The van der Waals surface area contributed by atoms with E-state index in [0.29, 0.717) is 19.3 Å². The van der Waals surface area contributed by atoms with Crippen molar-refractivity contribution in [2.75, 3.05) is 0 Å². The fourth-order valence-electron chi connectivity index (χ4n) is 1.51. The number of hydrogen-bond donors (Lipinski definition) is 2. The van der Waals surface area contributed by atoms with Gasteiger partial charge in [-0.3, -0.25) is 5.32 Å². The number of rotatable bonds is 5. The molecule has 0 aliphatic heterocycles. The van der Waals surface area contributed by atoms with Gasteiger partial charge < -0.3 is 14.9 Å². The van der Waals surface area contributed by atoms with E-state index in [0.717, 1.165) is 0 Å². The molecule has 136 valence electrons. The second-order valence-electron chi connectivity index (χ2n) is 7.15. The molecular formula is C17H29N3O4. The van der Waals surface area contributed by atoms with Crippen molar-refractivity contribution in [2.45, 2.75) is 72.0 Å². The molecule has 0 saturated carbocycles. The van der Waals surface area contributed by atoms with E-state index in [-0.39, 0.29) is 5.84 Å². The average Bonchev–Trinajstić information content (AvgIpc) is 2.33. The fraction of sp³-hybridized carbons (Fsp3) is 0.647. The lowest BCUT2D eigenvalue weighted by Gasteiger charge is -2.20. The number of allylic oxidation sites excluding steroid dienone is 2. The third-order valence-corrected chi connectivity index (χ3v) is 2.28. The van der Waals surface area contributed by atoms with Gasteiger partial charge in [-0.05, 0) is 60.5 Å². The molecule has 0 spiro atoms. The first-order chi connectivity index (χ1) is 10.9. The Hall–Kier alpha value is -2.18. The molecule has 7 heteroatoms. The Morgan fingerprint density at radius 2 is 1.67 bits per heavy atom. The largest absolute Gasteiger partial charge is 0.444 e. The van der Waals surface area contributed by atoms with Crippen LogP contribution in [0.25, 0.3) is 0 Å². The molecule has 0 saturated heterocycles. The summed E-state index contributed by atoms with van der Waals surface area (Å²) in [7, 11) is 0. The number of carbonyl (C=O) groups is 2. The topological polar surface area (TPSA) is 101 Å². The van der Waals surface area contributed by atoms with Crippen LogP contribution in [-0.2, 0) is 9.47 Å².